The van der Waals surface area contributed by atoms with E-state index >= 15 is 0 Å². The Balaban J connectivity index is 2.04. The summed E-state index contributed by atoms with van der Waals surface area (Å²) in [7, 11) is -3.64. The summed E-state index contributed by atoms with van der Waals surface area (Å²) in [5.41, 5.74) is 3.87. The fourth-order valence-electron chi connectivity index (χ4n) is 2.45. The number of imidazole rings is 1. The van der Waals surface area contributed by atoms with E-state index < -0.39 is 10.0 Å². The van der Waals surface area contributed by atoms with Gasteiger partial charge in [0.05, 0.1) is 21.6 Å². The van der Waals surface area contributed by atoms with Crippen LogP contribution in [0.3, 0.4) is 0 Å². The lowest BCUT2D eigenvalue weighted by atomic mass is 10.1. The second-order valence-electron chi connectivity index (χ2n) is 5.37. The van der Waals surface area contributed by atoms with E-state index in [0.29, 0.717) is 11.2 Å². The van der Waals surface area contributed by atoms with E-state index in [1.165, 1.54) is 0 Å². The number of nitrogens with one attached hydrogen (secondary N) is 2. The Bertz CT molecular complexity index is 938. The fraction of sp³-hybridized carbons (Fsp3) is 0.188. The van der Waals surface area contributed by atoms with Gasteiger partial charge in [-0.25, -0.2) is 13.4 Å². The van der Waals surface area contributed by atoms with Crippen molar-refractivity contribution in [2.75, 3.05) is 4.72 Å². The smallest absolute Gasteiger partial charge is 0.261 e. The van der Waals surface area contributed by atoms with E-state index in [2.05, 4.69) is 14.7 Å². The quantitative estimate of drug-likeness (QED) is 0.779. The van der Waals surface area contributed by atoms with Crippen LogP contribution in [0.1, 0.15) is 17.0 Å². The molecule has 0 aliphatic rings. The predicted molar refractivity (Wildman–Crippen MR) is 87.6 cm³/mol. The van der Waals surface area contributed by atoms with Gasteiger partial charge in [0.15, 0.2) is 0 Å². The van der Waals surface area contributed by atoms with Crippen molar-refractivity contribution in [1.29, 1.82) is 0 Å². The molecule has 1 heterocycles. The maximum absolute atomic E-state index is 12.6. The Morgan fingerprint density at radius 1 is 1.05 bits per heavy atom. The van der Waals surface area contributed by atoms with Crippen LogP contribution >= 0.6 is 0 Å². The van der Waals surface area contributed by atoms with Gasteiger partial charge in [-0.05, 0) is 50.1 Å². The predicted octanol–water partition coefficient (Wildman–Crippen LogP) is 3.29. The third-order valence-electron chi connectivity index (χ3n) is 3.60. The van der Waals surface area contributed by atoms with E-state index in [0.717, 1.165) is 22.5 Å². The van der Waals surface area contributed by atoms with Crippen molar-refractivity contribution >= 4 is 26.7 Å². The molecular weight excluding hydrogens is 298 g/mol. The summed E-state index contributed by atoms with van der Waals surface area (Å²) in [6.45, 7) is 5.60. The number of aromatic nitrogens is 2. The highest BCUT2D eigenvalue weighted by Crippen LogP contribution is 2.24. The van der Waals surface area contributed by atoms with E-state index in [4.69, 9.17) is 0 Å². The van der Waals surface area contributed by atoms with Crippen molar-refractivity contribution in [2.45, 2.75) is 25.7 Å². The number of hydrogen-bond donors (Lipinski definition) is 2. The molecule has 0 spiro atoms. The van der Waals surface area contributed by atoms with Crippen molar-refractivity contribution in [2.24, 2.45) is 0 Å². The minimum absolute atomic E-state index is 0.214. The van der Waals surface area contributed by atoms with Crippen LogP contribution in [0.2, 0.25) is 0 Å². The van der Waals surface area contributed by atoms with Gasteiger partial charge in [0, 0.05) is 0 Å². The van der Waals surface area contributed by atoms with E-state index in [9.17, 15) is 8.42 Å². The molecule has 5 nitrogen and oxygen atoms in total. The molecule has 0 atom stereocenters. The van der Waals surface area contributed by atoms with Crippen LogP contribution in [0.5, 0.6) is 0 Å². The van der Waals surface area contributed by atoms with Crippen LogP contribution in [0.15, 0.2) is 41.3 Å². The van der Waals surface area contributed by atoms with Gasteiger partial charge in [-0.1, -0.05) is 18.2 Å². The number of rotatable bonds is 3. The average molecular weight is 315 g/mol. The first-order chi connectivity index (χ1) is 10.4. The van der Waals surface area contributed by atoms with Gasteiger partial charge in [-0.2, -0.15) is 0 Å². The van der Waals surface area contributed by atoms with Crippen molar-refractivity contribution < 1.29 is 8.42 Å². The van der Waals surface area contributed by atoms with E-state index in [1.54, 1.807) is 18.2 Å². The minimum atomic E-state index is -3.64. The monoisotopic (exact) mass is 315 g/mol. The first kappa shape index (κ1) is 14.6. The van der Waals surface area contributed by atoms with Gasteiger partial charge < -0.3 is 4.98 Å². The third-order valence-corrected chi connectivity index (χ3v) is 4.95. The van der Waals surface area contributed by atoms with Crippen LogP contribution in [0.25, 0.3) is 11.0 Å². The van der Waals surface area contributed by atoms with Crippen LogP contribution < -0.4 is 4.72 Å². The molecule has 0 aliphatic heterocycles. The molecule has 114 valence electrons. The number of H-pyrrole nitrogens is 1. The number of nitrogens with zero attached hydrogens (tertiary/aromatic N) is 1. The lowest BCUT2D eigenvalue weighted by Gasteiger charge is -2.13. The molecule has 0 unspecified atom stereocenters. The molecule has 0 bridgehead atoms. The number of fused-ring (bicyclic) bond motifs is 1. The van der Waals surface area contributed by atoms with Crippen molar-refractivity contribution in [1.82, 2.24) is 9.97 Å². The summed E-state index contributed by atoms with van der Waals surface area (Å²) in [5.74, 6) is 0.757. The SMILES string of the molecule is Cc1nc2ccc(S(=O)(=O)Nc3c(C)cccc3C)cc2[nH]1. The molecule has 22 heavy (non-hydrogen) atoms. The molecule has 6 heteroatoms. The number of aromatic amines is 1. The summed E-state index contributed by atoms with van der Waals surface area (Å²) in [6.07, 6.45) is 0. The van der Waals surface area contributed by atoms with Crippen LogP contribution in [0, 0.1) is 20.8 Å². The number of sulfonamides is 1. The van der Waals surface area contributed by atoms with Crippen molar-refractivity contribution in [3.63, 3.8) is 0 Å². The summed E-state index contributed by atoms with van der Waals surface area (Å²) in [6, 6.07) is 10.5. The maximum atomic E-state index is 12.6. The molecular formula is C16H17N3O2S. The highest BCUT2D eigenvalue weighted by atomic mass is 32.2. The molecule has 0 radical (unpaired) electrons. The molecule has 2 aromatic carbocycles. The van der Waals surface area contributed by atoms with Gasteiger partial charge in [-0.3, -0.25) is 4.72 Å². The normalized spacial score (nSPS) is 11.8. The molecule has 0 aliphatic carbocycles. The number of anilines is 1. The van der Waals surface area contributed by atoms with Gasteiger partial charge in [0.1, 0.15) is 5.82 Å². The van der Waals surface area contributed by atoms with Gasteiger partial charge in [-0.15, -0.1) is 0 Å². The molecule has 1 aromatic heterocycles. The fourth-order valence-corrected chi connectivity index (χ4v) is 3.68. The van der Waals surface area contributed by atoms with Crippen molar-refractivity contribution in [3.8, 4) is 0 Å². The number of aryl methyl sites for hydroxylation is 3. The molecule has 3 rings (SSSR count). The van der Waals surface area contributed by atoms with Crippen LogP contribution in [-0.4, -0.2) is 18.4 Å². The molecule has 0 amide bonds. The standard InChI is InChI=1S/C16H17N3O2S/c1-10-5-4-6-11(2)16(10)19-22(20,21)13-7-8-14-15(9-13)18-12(3)17-14/h4-9,19H,1-3H3,(H,17,18). The zero-order valence-corrected chi connectivity index (χ0v) is 13.5. The van der Waals surface area contributed by atoms with Gasteiger partial charge in [0.25, 0.3) is 10.0 Å². The van der Waals surface area contributed by atoms with Crippen molar-refractivity contribution in [3.05, 3.63) is 53.3 Å². The summed E-state index contributed by atoms with van der Waals surface area (Å²) >= 11 is 0. The zero-order chi connectivity index (χ0) is 15.9. The lowest BCUT2D eigenvalue weighted by molar-refractivity contribution is 0.601. The second kappa shape index (κ2) is 5.14. The van der Waals surface area contributed by atoms with Gasteiger partial charge in [0.2, 0.25) is 0 Å². The lowest BCUT2D eigenvalue weighted by Crippen LogP contribution is -2.14. The highest BCUT2D eigenvalue weighted by molar-refractivity contribution is 7.92. The molecule has 2 N–H and O–H groups in total. The van der Waals surface area contributed by atoms with Gasteiger partial charge >= 0.3 is 0 Å². The highest BCUT2D eigenvalue weighted by Gasteiger charge is 2.17. The Morgan fingerprint density at radius 2 is 1.73 bits per heavy atom. The molecule has 3 aromatic rings. The Labute approximate surface area is 129 Å². The topological polar surface area (TPSA) is 74.8 Å². The summed E-state index contributed by atoms with van der Waals surface area (Å²) in [5, 5.41) is 0. The minimum Gasteiger partial charge on any atom is -0.342 e. The Kier molecular flexibility index (Phi) is 3.41. The average Bonchev–Trinajstić information content (AvgIpc) is 2.82. The molecule has 0 saturated heterocycles. The summed E-state index contributed by atoms with van der Waals surface area (Å²) < 4.78 is 27.9. The number of benzene rings is 2. The Hall–Kier alpha value is -2.34. The number of para-hydroxylation sites is 1. The summed E-state index contributed by atoms with van der Waals surface area (Å²) in [4.78, 5) is 7.55. The largest absolute Gasteiger partial charge is 0.342 e. The first-order valence-electron chi connectivity index (χ1n) is 6.92. The zero-order valence-electron chi connectivity index (χ0n) is 12.6. The maximum Gasteiger partial charge on any atom is 0.261 e. The molecule has 0 saturated carbocycles. The first-order valence-corrected chi connectivity index (χ1v) is 8.40. The van der Waals surface area contributed by atoms with E-state index in [-0.39, 0.29) is 4.90 Å². The van der Waals surface area contributed by atoms with E-state index in [1.807, 2.05) is 39.0 Å². The van der Waals surface area contributed by atoms with Crippen LogP contribution in [0.4, 0.5) is 5.69 Å². The molecule has 0 fully saturated rings. The number of hydrogen-bond acceptors (Lipinski definition) is 3. The third kappa shape index (κ3) is 2.57. The van der Waals surface area contributed by atoms with Crippen LogP contribution in [-0.2, 0) is 10.0 Å². The second-order valence-corrected chi connectivity index (χ2v) is 7.06. The Morgan fingerprint density at radius 3 is 2.41 bits per heavy atom.